The van der Waals surface area contributed by atoms with Crippen LogP contribution in [0, 0.1) is 5.92 Å². The van der Waals surface area contributed by atoms with E-state index in [9.17, 15) is 4.79 Å². The fourth-order valence-electron chi connectivity index (χ4n) is 2.52. The fraction of sp³-hybridized carbons (Fsp3) is 0.923. The summed E-state index contributed by atoms with van der Waals surface area (Å²) in [6.45, 7) is 7.07. The van der Waals surface area contributed by atoms with E-state index in [1.807, 2.05) is 0 Å². The third-order valence-electron chi connectivity index (χ3n) is 4.03. The van der Waals surface area contributed by atoms with Crippen LogP contribution < -0.4 is 5.32 Å². The number of nitrogens with one attached hydrogen (secondary N) is 1. The highest BCUT2D eigenvalue weighted by Crippen LogP contribution is 2.30. The van der Waals surface area contributed by atoms with Gasteiger partial charge < -0.3 is 10.1 Å². The van der Waals surface area contributed by atoms with Crippen molar-refractivity contribution in [3.63, 3.8) is 0 Å². The first kappa shape index (κ1) is 12.8. The summed E-state index contributed by atoms with van der Waals surface area (Å²) in [6.07, 6.45) is 3.47. The molecule has 17 heavy (non-hydrogen) atoms. The second-order valence-corrected chi connectivity index (χ2v) is 5.71. The molecule has 2 aliphatic rings. The summed E-state index contributed by atoms with van der Waals surface area (Å²) in [6, 6.07) is 0.490. The molecule has 1 N–H and O–H groups in total. The third-order valence-corrected chi connectivity index (χ3v) is 4.03. The number of hydrogen-bond acceptors (Lipinski definition) is 4. The van der Waals surface area contributed by atoms with Gasteiger partial charge in [-0.15, -0.1) is 0 Å². The Balaban J connectivity index is 1.99. The minimum atomic E-state index is -0.457. The van der Waals surface area contributed by atoms with Crippen molar-refractivity contribution in [2.75, 3.05) is 26.7 Å². The maximum atomic E-state index is 12.0. The van der Waals surface area contributed by atoms with Crippen LogP contribution in [0.4, 0.5) is 0 Å². The Morgan fingerprint density at radius 2 is 2.24 bits per heavy atom. The molecule has 0 aromatic heterocycles. The third kappa shape index (κ3) is 2.80. The highest BCUT2D eigenvalue weighted by molar-refractivity contribution is 5.81. The van der Waals surface area contributed by atoms with Gasteiger partial charge in [0.2, 0.25) is 0 Å². The average Bonchev–Trinajstić information content (AvgIpc) is 3.04. The van der Waals surface area contributed by atoms with Gasteiger partial charge in [0, 0.05) is 19.1 Å². The van der Waals surface area contributed by atoms with E-state index >= 15 is 0 Å². The Bertz CT molecular complexity index is 289. The molecule has 1 aliphatic heterocycles. The molecule has 1 heterocycles. The SMILES string of the molecule is COC(=O)C1(NCC2CC2)CCN(C(C)C)C1. The van der Waals surface area contributed by atoms with E-state index < -0.39 is 5.54 Å². The van der Waals surface area contributed by atoms with Gasteiger partial charge in [0.25, 0.3) is 0 Å². The van der Waals surface area contributed by atoms with E-state index in [2.05, 4.69) is 24.1 Å². The summed E-state index contributed by atoms with van der Waals surface area (Å²) in [7, 11) is 1.49. The van der Waals surface area contributed by atoms with Crippen LogP contribution in [0.15, 0.2) is 0 Å². The lowest BCUT2D eigenvalue weighted by Crippen LogP contribution is -2.55. The molecule has 98 valence electrons. The molecule has 2 fully saturated rings. The number of nitrogens with zero attached hydrogens (tertiary/aromatic N) is 1. The predicted octanol–water partition coefficient (Wildman–Crippen LogP) is 1.01. The van der Waals surface area contributed by atoms with Crippen molar-refractivity contribution in [1.29, 1.82) is 0 Å². The molecule has 1 aliphatic carbocycles. The number of likely N-dealkylation sites (tertiary alicyclic amines) is 1. The molecule has 1 saturated heterocycles. The van der Waals surface area contributed by atoms with Crippen LogP contribution in [0.2, 0.25) is 0 Å². The van der Waals surface area contributed by atoms with Crippen LogP contribution in [-0.2, 0) is 9.53 Å². The molecular formula is C13H24N2O2. The lowest BCUT2D eigenvalue weighted by molar-refractivity contribution is -0.148. The van der Waals surface area contributed by atoms with Crippen molar-refractivity contribution < 1.29 is 9.53 Å². The second-order valence-electron chi connectivity index (χ2n) is 5.71. The van der Waals surface area contributed by atoms with Crippen LogP contribution in [0.25, 0.3) is 0 Å². The second kappa shape index (κ2) is 4.94. The van der Waals surface area contributed by atoms with E-state index in [1.54, 1.807) is 0 Å². The Kier molecular flexibility index (Phi) is 3.73. The summed E-state index contributed by atoms with van der Waals surface area (Å²) in [5.74, 6) is 0.686. The number of methoxy groups -OCH3 is 1. The standard InChI is InChI=1S/C13H24N2O2/c1-10(2)15-7-6-13(9-15,12(16)17-3)14-8-11-4-5-11/h10-11,14H,4-9H2,1-3H3. The smallest absolute Gasteiger partial charge is 0.327 e. The van der Waals surface area contributed by atoms with Gasteiger partial charge in [-0.2, -0.15) is 0 Å². The summed E-state index contributed by atoms with van der Waals surface area (Å²) in [5.41, 5.74) is -0.457. The lowest BCUT2D eigenvalue weighted by Gasteiger charge is -2.29. The number of carbonyl (C=O) groups is 1. The normalized spacial score (nSPS) is 29.9. The van der Waals surface area contributed by atoms with Crippen molar-refractivity contribution in [1.82, 2.24) is 10.2 Å². The number of esters is 1. The van der Waals surface area contributed by atoms with Gasteiger partial charge in [-0.25, -0.2) is 0 Å². The molecule has 0 aromatic carbocycles. The van der Waals surface area contributed by atoms with Gasteiger partial charge in [0.1, 0.15) is 5.54 Å². The number of ether oxygens (including phenoxy) is 1. The highest BCUT2D eigenvalue weighted by Gasteiger charge is 2.46. The molecule has 0 aromatic rings. The van der Waals surface area contributed by atoms with Gasteiger partial charge in [-0.3, -0.25) is 9.69 Å². The number of rotatable bonds is 5. The Morgan fingerprint density at radius 1 is 1.53 bits per heavy atom. The largest absolute Gasteiger partial charge is 0.468 e. The zero-order valence-corrected chi connectivity index (χ0v) is 11.2. The predicted molar refractivity (Wildman–Crippen MR) is 66.8 cm³/mol. The summed E-state index contributed by atoms with van der Waals surface area (Å²) in [4.78, 5) is 14.4. The molecule has 1 atom stereocenters. The Labute approximate surface area is 104 Å². The van der Waals surface area contributed by atoms with Gasteiger partial charge in [-0.1, -0.05) is 0 Å². The molecular weight excluding hydrogens is 216 g/mol. The van der Waals surface area contributed by atoms with Crippen LogP contribution in [0.1, 0.15) is 33.1 Å². The lowest BCUT2D eigenvalue weighted by atomic mass is 9.98. The van der Waals surface area contributed by atoms with Crippen molar-refractivity contribution in [2.45, 2.75) is 44.7 Å². The molecule has 0 radical (unpaired) electrons. The minimum absolute atomic E-state index is 0.0960. The maximum Gasteiger partial charge on any atom is 0.327 e. The molecule has 0 spiro atoms. The molecule has 4 nitrogen and oxygen atoms in total. The number of carbonyl (C=O) groups excluding carboxylic acids is 1. The first-order chi connectivity index (χ1) is 8.07. The van der Waals surface area contributed by atoms with Crippen LogP contribution in [0.5, 0.6) is 0 Å². The van der Waals surface area contributed by atoms with E-state index in [4.69, 9.17) is 4.74 Å². The molecule has 0 amide bonds. The van der Waals surface area contributed by atoms with Crippen LogP contribution in [0.3, 0.4) is 0 Å². The topological polar surface area (TPSA) is 41.6 Å². The average molecular weight is 240 g/mol. The van der Waals surface area contributed by atoms with Gasteiger partial charge in [0.15, 0.2) is 0 Å². The van der Waals surface area contributed by atoms with E-state index in [-0.39, 0.29) is 5.97 Å². The van der Waals surface area contributed by atoms with Crippen molar-refractivity contribution in [2.24, 2.45) is 5.92 Å². The van der Waals surface area contributed by atoms with E-state index in [0.29, 0.717) is 6.04 Å². The first-order valence-electron chi connectivity index (χ1n) is 6.65. The van der Waals surface area contributed by atoms with Gasteiger partial charge in [-0.05, 0) is 45.6 Å². The van der Waals surface area contributed by atoms with Crippen molar-refractivity contribution in [3.05, 3.63) is 0 Å². The van der Waals surface area contributed by atoms with Gasteiger partial charge >= 0.3 is 5.97 Å². The monoisotopic (exact) mass is 240 g/mol. The first-order valence-corrected chi connectivity index (χ1v) is 6.65. The van der Waals surface area contributed by atoms with Crippen LogP contribution >= 0.6 is 0 Å². The van der Waals surface area contributed by atoms with Crippen molar-refractivity contribution >= 4 is 5.97 Å². The van der Waals surface area contributed by atoms with E-state index in [0.717, 1.165) is 32.0 Å². The molecule has 1 saturated carbocycles. The zero-order valence-electron chi connectivity index (χ0n) is 11.2. The van der Waals surface area contributed by atoms with Crippen LogP contribution in [-0.4, -0.2) is 49.2 Å². The quantitative estimate of drug-likeness (QED) is 0.728. The summed E-state index contributed by atoms with van der Waals surface area (Å²) < 4.78 is 4.99. The maximum absolute atomic E-state index is 12.0. The summed E-state index contributed by atoms with van der Waals surface area (Å²) in [5, 5.41) is 3.48. The molecule has 1 unspecified atom stereocenters. The molecule has 2 rings (SSSR count). The Hall–Kier alpha value is -0.610. The van der Waals surface area contributed by atoms with Gasteiger partial charge in [0.05, 0.1) is 7.11 Å². The summed E-state index contributed by atoms with van der Waals surface area (Å²) >= 11 is 0. The van der Waals surface area contributed by atoms with E-state index in [1.165, 1.54) is 20.0 Å². The number of hydrogen-bond donors (Lipinski definition) is 1. The highest BCUT2D eigenvalue weighted by atomic mass is 16.5. The Morgan fingerprint density at radius 3 is 2.71 bits per heavy atom. The minimum Gasteiger partial charge on any atom is -0.468 e. The zero-order chi connectivity index (χ0) is 12.5. The van der Waals surface area contributed by atoms with Crippen molar-refractivity contribution in [3.8, 4) is 0 Å². The fourth-order valence-corrected chi connectivity index (χ4v) is 2.52. The molecule has 4 heteroatoms. The molecule has 0 bridgehead atoms.